The van der Waals surface area contributed by atoms with Gasteiger partial charge in [0.15, 0.2) is 7.29 Å². The average Bonchev–Trinajstić information content (AvgIpc) is 2.99. The molecule has 198 valence electrons. The minimum absolute atomic E-state index is 0.126. The van der Waals surface area contributed by atoms with Crippen LogP contribution in [-0.2, 0) is 4.57 Å². The predicted molar refractivity (Wildman–Crippen MR) is 166 cm³/mol. The van der Waals surface area contributed by atoms with Crippen LogP contribution in [0.25, 0.3) is 10.1 Å². The highest BCUT2D eigenvalue weighted by Gasteiger charge is 2.34. The first-order valence-corrected chi connectivity index (χ1v) is 15.7. The van der Waals surface area contributed by atoms with Crippen molar-refractivity contribution in [3.8, 4) is 0 Å². The van der Waals surface area contributed by atoms with E-state index in [4.69, 9.17) is 23.2 Å². The second-order valence-electron chi connectivity index (χ2n) is 9.57. The Morgan fingerprint density at radius 3 is 1.33 bits per heavy atom. The lowest BCUT2D eigenvalue weighted by Gasteiger charge is -2.41. The lowest BCUT2D eigenvalue weighted by Crippen LogP contribution is -2.46. The molecule has 1 fully saturated rings. The molecule has 0 saturated carbocycles. The van der Waals surface area contributed by atoms with Gasteiger partial charge >= 0.3 is 0 Å². The van der Waals surface area contributed by atoms with Gasteiger partial charge in [0.2, 0.25) is 0 Å². The third kappa shape index (κ3) is 6.81. The predicted octanol–water partition coefficient (Wildman–Crippen LogP) is 9.15. The lowest BCUT2D eigenvalue weighted by atomic mass is 9.96. The highest BCUT2D eigenvalue weighted by molar-refractivity contribution is 7.68. The number of hydrogen-bond donors (Lipinski definition) is 0. The number of nitrogens with zero attached hydrogens (tertiary/aromatic N) is 2. The zero-order valence-corrected chi connectivity index (χ0v) is 24.0. The van der Waals surface area contributed by atoms with Gasteiger partial charge in [0, 0.05) is 37.8 Å². The minimum atomic E-state index is -3.22. The Bertz CT molecular complexity index is 1350. The van der Waals surface area contributed by atoms with Gasteiger partial charge in [-0.15, -0.1) is 0 Å². The van der Waals surface area contributed by atoms with Crippen molar-refractivity contribution in [2.75, 3.05) is 26.2 Å². The maximum atomic E-state index is 14.7. The molecular weight excluding hydrogens is 542 g/mol. The van der Waals surface area contributed by atoms with Gasteiger partial charge in [0.05, 0.1) is 16.1 Å². The fourth-order valence-electron chi connectivity index (χ4n) is 5.04. The molecule has 1 unspecified atom stereocenters. The lowest BCUT2D eigenvalue weighted by molar-refractivity contribution is 0.156. The molecule has 0 spiro atoms. The Balaban J connectivity index is 1.45. The molecule has 1 saturated heterocycles. The van der Waals surface area contributed by atoms with E-state index in [2.05, 4.69) is 53.4 Å². The van der Waals surface area contributed by atoms with Crippen molar-refractivity contribution >= 4 is 40.6 Å². The van der Waals surface area contributed by atoms with Crippen LogP contribution in [0.15, 0.2) is 133 Å². The second-order valence-corrected chi connectivity index (χ2v) is 12.8. The largest absolute Gasteiger partial charge is 0.297 e. The number of benzene rings is 4. The Morgan fingerprint density at radius 2 is 0.949 bits per heavy atom. The first kappa shape index (κ1) is 27.6. The van der Waals surface area contributed by atoms with Crippen molar-refractivity contribution in [2.45, 2.75) is 6.04 Å². The van der Waals surface area contributed by atoms with E-state index >= 15 is 0 Å². The second kappa shape index (κ2) is 13.0. The van der Waals surface area contributed by atoms with Gasteiger partial charge in [0.25, 0.3) is 0 Å². The van der Waals surface area contributed by atoms with Crippen LogP contribution >= 0.6 is 30.5 Å². The summed E-state index contributed by atoms with van der Waals surface area (Å²) >= 11 is 13.5. The molecule has 39 heavy (non-hydrogen) atoms. The summed E-state index contributed by atoms with van der Waals surface area (Å²) in [7, 11) is -3.22. The summed E-state index contributed by atoms with van der Waals surface area (Å²) in [4.78, 5) is 2.47. The highest BCUT2D eigenvalue weighted by Crippen LogP contribution is 2.57. The summed E-state index contributed by atoms with van der Waals surface area (Å²) < 4.78 is 16.8. The van der Waals surface area contributed by atoms with Crippen LogP contribution in [0.1, 0.15) is 28.3 Å². The van der Waals surface area contributed by atoms with Crippen molar-refractivity contribution in [1.82, 2.24) is 9.57 Å². The normalized spacial score (nSPS) is 17.2. The smallest absolute Gasteiger partial charge is 0.196 e. The summed E-state index contributed by atoms with van der Waals surface area (Å²) in [6.45, 7) is 2.76. The average molecular weight is 574 g/mol. The van der Waals surface area contributed by atoms with Crippen LogP contribution in [0.4, 0.5) is 0 Å². The Morgan fingerprint density at radius 1 is 0.590 bits per heavy atom. The first-order chi connectivity index (χ1) is 19.0. The minimum Gasteiger partial charge on any atom is -0.297 e. The highest BCUT2D eigenvalue weighted by atomic mass is 35.5. The maximum absolute atomic E-state index is 14.7. The molecule has 3 nitrogen and oxygen atoms in total. The Hall–Kier alpha value is -2.91. The molecule has 5 rings (SSSR count). The number of piperazine rings is 1. The summed E-state index contributed by atoms with van der Waals surface area (Å²) in [6, 6.07) is 40.6. The van der Waals surface area contributed by atoms with Crippen LogP contribution in [-0.4, -0.2) is 35.7 Å². The number of rotatable bonds is 8. The standard InChI is InChI=1S/C33H31Cl2N2OP/c34-31(27-13-5-1-6-14-27)25-39(38,26-32(35)28-15-7-2-8-16-28)37-23-21-36(22-24-37)33(29-17-9-3-10-18-29)30-19-11-4-12-20-30/h1-20,25-26,33H,21-24H2/b31-25-,32-26+. The quantitative estimate of drug-likeness (QED) is 0.197. The van der Waals surface area contributed by atoms with Crippen LogP contribution < -0.4 is 0 Å². The van der Waals surface area contributed by atoms with E-state index in [0.717, 1.165) is 24.2 Å². The molecule has 0 aromatic heterocycles. The number of hydrogen-bond acceptors (Lipinski definition) is 2. The fraction of sp³-hybridized carbons (Fsp3) is 0.152. The van der Waals surface area contributed by atoms with Gasteiger partial charge in [-0.25, -0.2) is 4.67 Å². The van der Waals surface area contributed by atoms with Crippen LogP contribution in [0.5, 0.6) is 0 Å². The van der Waals surface area contributed by atoms with E-state index in [1.807, 2.05) is 77.5 Å². The molecule has 0 radical (unpaired) electrons. The molecule has 1 atom stereocenters. The van der Waals surface area contributed by atoms with Crippen molar-refractivity contribution < 1.29 is 4.57 Å². The summed E-state index contributed by atoms with van der Waals surface area (Å²) in [5.74, 6) is 3.41. The zero-order valence-electron chi connectivity index (χ0n) is 21.6. The maximum Gasteiger partial charge on any atom is 0.196 e. The first-order valence-electron chi connectivity index (χ1n) is 13.1. The van der Waals surface area contributed by atoms with Crippen LogP contribution in [0.2, 0.25) is 0 Å². The van der Waals surface area contributed by atoms with E-state index in [1.54, 1.807) is 11.6 Å². The molecule has 1 aliphatic heterocycles. The molecule has 1 aliphatic rings. The van der Waals surface area contributed by atoms with E-state index < -0.39 is 7.29 Å². The third-order valence-corrected chi connectivity index (χ3v) is 10.5. The molecule has 4 aromatic carbocycles. The molecule has 6 heteroatoms. The molecule has 0 N–H and O–H groups in total. The van der Waals surface area contributed by atoms with E-state index in [-0.39, 0.29) is 6.04 Å². The van der Waals surface area contributed by atoms with E-state index in [0.29, 0.717) is 23.2 Å². The molecule has 1 heterocycles. The van der Waals surface area contributed by atoms with Crippen LogP contribution in [0.3, 0.4) is 0 Å². The third-order valence-electron chi connectivity index (χ3n) is 7.02. The molecule has 0 aliphatic carbocycles. The Kier molecular flexibility index (Phi) is 9.19. The van der Waals surface area contributed by atoms with Crippen molar-refractivity contribution in [3.63, 3.8) is 0 Å². The van der Waals surface area contributed by atoms with Gasteiger partial charge in [-0.1, -0.05) is 145 Å². The van der Waals surface area contributed by atoms with Gasteiger partial charge in [0.1, 0.15) is 0 Å². The molecule has 0 bridgehead atoms. The van der Waals surface area contributed by atoms with Gasteiger partial charge in [-0.2, -0.15) is 0 Å². The van der Waals surface area contributed by atoms with Crippen molar-refractivity contribution in [1.29, 1.82) is 0 Å². The topological polar surface area (TPSA) is 23.6 Å². The van der Waals surface area contributed by atoms with Crippen molar-refractivity contribution in [2.24, 2.45) is 0 Å². The van der Waals surface area contributed by atoms with Gasteiger partial charge < -0.3 is 0 Å². The SMILES string of the molecule is O=P(/C=C(\Cl)c1ccccc1)(/C=C(/Cl)c1ccccc1)N1CCN(C(c2ccccc2)c2ccccc2)CC1. The molecular formula is C33H31Cl2N2OP. The summed E-state index contributed by atoms with van der Waals surface area (Å²) in [5.41, 5.74) is 4.16. The van der Waals surface area contributed by atoms with Gasteiger partial charge in [-0.05, 0) is 22.3 Å². The van der Waals surface area contributed by atoms with E-state index in [1.165, 1.54) is 11.1 Å². The monoisotopic (exact) mass is 572 g/mol. The zero-order chi connectivity index (χ0) is 27.1. The molecule has 4 aromatic rings. The fourth-order valence-corrected chi connectivity index (χ4v) is 8.28. The Labute approximate surface area is 241 Å². The summed E-state index contributed by atoms with van der Waals surface area (Å²) in [5, 5.41) is 0.920. The van der Waals surface area contributed by atoms with Crippen LogP contribution in [0, 0.1) is 0 Å². The van der Waals surface area contributed by atoms with Gasteiger partial charge in [-0.3, -0.25) is 9.46 Å². The molecule has 0 amide bonds. The van der Waals surface area contributed by atoms with Crippen molar-refractivity contribution in [3.05, 3.63) is 155 Å². The summed E-state index contributed by atoms with van der Waals surface area (Å²) in [6.07, 6.45) is 0. The number of halogens is 2. The van der Waals surface area contributed by atoms with E-state index in [9.17, 15) is 4.57 Å².